The molecule has 0 aliphatic carbocycles. The zero-order valence-electron chi connectivity index (χ0n) is 12.2. The smallest absolute Gasteiger partial charge is 0.140 e. The zero-order valence-corrected chi connectivity index (χ0v) is 13.0. The lowest BCUT2D eigenvalue weighted by molar-refractivity contribution is 0.264. The van der Waals surface area contributed by atoms with Gasteiger partial charge < -0.3 is 5.32 Å². The molecule has 0 amide bonds. The van der Waals surface area contributed by atoms with E-state index >= 15 is 0 Å². The molecule has 0 fully saturated rings. The summed E-state index contributed by atoms with van der Waals surface area (Å²) in [4.78, 5) is 6.47. The molecule has 3 rings (SSSR count). The first-order chi connectivity index (χ1) is 10.8. The van der Waals surface area contributed by atoms with Crippen molar-refractivity contribution in [2.45, 2.75) is 13.0 Å². The summed E-state index contributed by atoms with van der Waals surface area (Å²) in [7, 11) is 0. The van der Waals surface area contributed by atoms with Crippen LogP contribution in [0.2, 0.25) is 5.02 Å². The van der Waals surface area contributed by atoms with Gasteiger partial charge in [-0.2, -0.15) is 5.26 Å². The number of halogens is 1. The SMILES string of the molecule is N#Cc1ccc(NCCN2CCc3c(Cl)cccc3C2)cn1. The van der Waals surface area contributed by atoms with Crippen LogP contribution in [0.15, 0.2) is 36.5 Å². The summed E-state index contributed by atoms with van der Waals surface area (Å²) in [5.41, 5.74) is 4.01. The Morgan fingerprint density at radius 2 is 2.23 bits per heavy atom. The number of hydrogen-bond donors (Lipinski definition) is 1. The van der Waals surface area contributed by atoms with Gasteiger partial charge in [0.1, 0.15) is 11.8 Å². The third-order valence-electron chi connectivity index (χ3n) is 3.92. The Morgan fingerprint density at radius 3 is 3.00 bits per heavy atom. The molecule has 2 aromatic rings. The first-order valence-electron chi connectivity index (χ1n) is 7.35. The van der Waals surface area contributed by atoms with Crippen LogP contribution < -0.4 is 5.32 Å². The molecule has 4 nitrogen and oxygen atoms in total. The largest absolute Gasteiger partial charge is 0.383 e. The lowest BCUT2D eigenvalue weighted by atomic mass is 10.00. The number of hydrogen-bond acceptors (Lipinski definition) is 4. The Bertz CT molecular complexity index is 691. The molecule has 1 aromatic carbocycles. The molecule has 1 aliphatic rings. The topological polar surface area (TPSA) is 52.0 Å². The van der Waals surface area contributed by atoms with Crippen molar-refractivity contribution in [3.63, 3.8) is 0 Å². The number of aromatic nitrogens is 1. The van der Waals surface area contributed by atoms with Crippen molar-refractivity contribution in [2.24, 2.45) is 0 Å². The highest BCUT2D eigenvalue weighted by atomic mass is 35.5. The monoisotopic (exact) mass is 312 g/mol. The fourth-order valence-corrected chi connectivity index (χ4v) is 3.02. The molecular weight excluding hydrogens is 296 g/mol. The normalized spacial score (nSPS) is 14.2. The molecule has 0 spiro atoms. The number of anilines is 1. The van der Waals surface area contributed by atoms with Gasteiger partial charge >= 0.3 is 0 Å². The molecule has 1 aromatic heterocycles. The van der Waals surface area contributed by atoms with Gasteiger partial charge in [-0.1, -0.05) is 23.7 Å². The second-order valence-electron chi connectivity index (χ2n) is 5.37. The van der Waals surface area contributed by atoms with Gasteiger partial charge in [0.2, 0.25) is 0 Å². The number of fused-ring (bicyclic) bond motifs is 1. The number of pyridine rings is 1. The standard InChI is InChI=1S/C17H17ClN4/c18-17-3-1-2-13-12-22(8-6-16(13)17)9-7-20-15-5-4-14(10-19)21-11-15/h1-5,11,20H,6-9,12H2. The minimum absolute atomic E-state index is 0.440. The van der Waals surface area contributed by atoms with Crippen LogP contribution in [0, 0.1) is 11.3 Å². The molecule has 1 aliphatic heterocycles. The van der Waals surface area contributed by atoms with E-state index in [-0.39, 0.29) is 0 Å². The maximum Gasteiger partial charge on any atom is 0.140 e. The van der Waals surface area contributed by atoms with Crippen LogP contribution in [-0.2, 0) is 13.0 Å². The number of benzene rings is 1. The molecular formula is C17H17ClN4. The molecule has 0 saturated heterocycles. The van der Waals surface area contributed by atoms with Crippen LogP contribution in [0.25, 0.3) is 0 Å². The molecule has 0 saturated carbocycles. The van der Waals surface area contributed by atoms with Gasteiger partial charge in [-0.25, -0.2) is 4.98 Å². The van der Waals surface area contributed by atoms with E-state index in [1.807, 2.05) is 24.3 Å². The van der Waals surface area contributed by atoms with E-state index in [4.69, 9.17) is 16.9 Å². The van der Waals surface area contributed by atoms with Crippen molar-refractivity contribution >= 4 is 17.3 Å². The van der Waals surface area contributed by atoms with Crippen LogP contribution in [0.4, 0.5) is 5.69 Å². The van der Waals surface area contributed by atoms with Gasteiger partial charge in [0.15, 0.2) is 0 Å². The predicted molar refractivity (Wildman–Crippen MR) is 87.9 cm³/mol. The van der Waals surface area contributed by atoms with E-state index in [0.717, 1.165) is 43.3 Å². The Kier molecular flexibility index (Phi) is 4.57. The van der Waals surface area contributed by atoms with Gasteiger partial charge in [-0.15, -0.1) is 0 Å². The third-order valence-corrected chi connectivity index (χ3v) is 4.28. The molecule has 22 heavy (non-hydrogen) atoms. The van der Waals surface area contributed by atoms with E-state index in [0.29, 0.717) is 5.69 Å². The van der Waals surface area contributed by atoms with Gasteiger partial charge in [-0.05, 0) is 35.7 Å². The van der Waals surface area contributed by atoms with E-state index in [9.17, 15) is 0 Å². The van der Waals surface area contributed by atoms with E-state index in [1.165, 1.54) is 11.1 Å². The van der Waals surface area contributed by atoms with Crippen molar-refractivity contribution in [1.29, 1.82) is 5.26 Å². The zero-order chi connectivity index (χ0) is 15.4. The first kappa shape index (κ1) is 14.8. The molecule has 5 heteroatoms. The molecule has 0 bridgehead atoms. The highest BCUT2D eigenvalue weighted by molar-refractivity contribution is 6.31. The lowest BCUT2D eigenvalue weighted by Gasteiger charge is -2.29. The molecule has 0 unspecified atom stereocenters. The first-order valence-corrected chi connectivity index (χ1v) is 7.73. The van der Waals surface area contributed by atoms with Gasteiger partial charge in [0, 0.05) is 31.2 Å². The van der Waals surface area contributed by atoms with Crippen LogP contribution in [0.1, 0.15) is 16.8 Å². The van der Waals surface area contributed by atoms with Crippen molar-refractivity contribution in [3.8, 4) is 6.07 Å². The van der Waals surface area contributed by atoms with E-state index < -0.39 is 0 Å². The average molecular weight is 313 g/mol. The average Bonchev–Trinajstić information content (AvgIpc) is 2.56. The summed E-state index contributed by atoms with van der Waals surface area (Å²) in [6.07, 6.45) is 2.71. The number of nitrogens with zero attached hydrogens (tertiary/aromatic N) is 3. The summed E-state index contributed by atoms with van der Waals surface area (Å²) in [5, 5.41) is 13.0. The Balaban J connectivity index is 1.51. The molecule has 0 radical (unpaired) electrons. The van der Waals surface area contributed by atoms with Gasteiger partial charge in [0.25, 0.3) is 0 Å². The number of rotatable bonds is 4. The third kappa shape index (κ3) is 3.38. The summed E-state index contributed by atoms with van der Waals surface area (Å²) < 4.78 is 0. The highest BCUT2D eigenvalue weighted by Crippen LogP contribution is 2.25. The van der Waals surface area contributed by atoms with E-state index in [2.05, 4.69) is 21.3 Å². The molecule has 1 N–H and O–H groups in total. The molecule has 0 atom stereocenters. The van der Waals surface area contributed by atoms with Gasteiger partial charge in [-0.3, -0.25) is 4.90 Å². The van der Waals surface area contributed by atoms with Crippen LogP contribution in [0.5, 0.6) is 0 Å². The predicted octanol–water partition coefficient (Wildman–Crippen LogP) is 3.08. The van der Waals surface area contributed by atoms with Gasteiger partial charge in [0.05, 0.1) is 11.9 Å². The Labute approximate surface area is 135 Å². The summed E-state index contributed by atoms with van der Waals surface area (Å²) in [5.74, 6) is 0. The van der Waals surface area contributed by atoms with Crippen molar-refractivity contribution in [3.05, 3.63) is 58.4 Å². The maximum absolute atomic E-state index is 8.73. The van der Waals surface area contributed by atoms with E-state index in [1.54, 1.807) is 12.3 Å². The van der Waals surface area contributed by atoms with Crippen molar-refractivity contribution in [2.75, 3.05) is 25.0 Å². The van der Waals surface area contributed by atoms with Crippen LogP contribution in [0.3, 0.4) is 0 Å². The Hall–Kier alpha value is -2.09. The summed E-state index contributed by atoms with van der Waals surface area (Å²) in [6.45, 7) is 3.79. The number of nitriles is 1. The van der Waals surface area contributed by atoms with Crippen molar-refractivity contribution < 1.29 is 0 Å². The van der Waals surface area contributed by atoms with Crippen molar-refractivity contribution in [1.82, 2.24) is 9.88 Å². The quantitative estimate of drug-likeness (QED) is 0.942. The second kappa shape index (κ2) is 6.78. The molecule has 112 valence electrons. The lowest BCUT2D eigenvalue weighted by Crippen LogP contribution is -2.34. The fraction of sp³-hybridized carbons (Fsp3) is 0.294. The minimum atomic E-state index is 0.440. The minimum Gasteiger partial charge on any atom is -0.383 e. The Morgan fingerprint density at radius 1 is 1.32 bits per heavy atom. The number of nitrogens with one attached hydrogen (secondary N) is 1. The summed E-state index contributed by atoms with van der Waals surface area (Å²) >= 11 is 6.24. The maximum atomic E-state index is 8.73. The summed E-state index contributed by atoms with van der Waals surface area (Å²) in [6, 6.07) is 11.8. The second-order valence-corrected chi connectivity index (χ2v) is 5.78. The van der Waals surface area contributed by atoms with Crippen LogP contribution in [-0.4, -0.2) is 29.5 Å². The highest BCUT2D eigenvalue weighted by Gasteiger charge is 2.17. The fourth-order valence-electron chi connectivity index (χ4n) is 2.74. The van der Waals surface area contributed by atoms with Crippen LogP contribution >= 0.6 is 11.6 Å². The molecule has 2 heterocycles.